The van der Waals surface area contributed by atoms with Crippen LogP contribution in [0.1, 0.15) is 23.2 Å². The van der Waals surface area contributed by atoms with Gasteiger partial charge in [-0.3, -0.25) is 20.4 Å². The van der Waals surface area contributed by atoms with E-state index in [9.17, 15) is 18.0 Å². The fraction of sp³-hybridized carbons (Fsp3) is 0.294. The summed E-state index contributed by atoms with van der Waals surface area (Å²) in [6.45, 7) is 0.494. The molecule has 1 fully saturated rings. The fourth-order valence-electron chi connectivity index (χ4n) is 2.79. The van der Waals surface area contributed by atoms with Gasteiger partial charge in [0.1, 0.15) is 4.21 Å². The summed E-state index contributed by atoms with van der Waals surface area (Å²) in [6, 6.07) is 11.8. The quantitative estimate of drug-likeness (QED) is 0.772. The van der Waals surface area contributed by atoms with Crippen molar-refractivity contribution in [2.24, 2.45) is 5.92 Å². The Bertz CT molecular complexity index is 867. The van der Waals surface area contributed by atoms with E-state index in [0.29, 0.717) is 24.9 Å². The SMILES string of the molecule is O=C(NNC(=O)[C@H]1CCCN(S(=O)(=O)c2cccs2)C1)c1ccccc1. The molecular weight excluding hydrogens is 374 g/mol. The van der Waals surface area contributed by atoms with Crippen LogP contribution in [0.2, 0.25) is 0 Å². The van der Waals surface area contributed by atoms with Gasteiger partial charge in [0.05, 0.1) is 5.92 Å². The van der Waals surface area contributed by atoms with Crippen LogP contribution in [0.4, 0.5) is 0 Å². The Labute approximate surface area is 156 Å². The van der Waals surface area contributed by atoms with Crippen LogP contribution in [0.5, 0.6) is 0 Å². The zero-order valence-electron chi connectivity index (χ0n) is 13.9. The summed E-state index contributed by atoms with van der Waals surface area (Å²) < 4.78 is 26.8. The summed E-state index contributed by atoms with van der Waals surface area (Å²) in [6.07, 6.45) is 1.17. The Hall–Kier alpha value is -2.23. The van der Waals surface area contributed by atoms with E-state index in [1.807, 2.05) is 0 Å². The van der Waals surface area contributed by atoms with E-state index in [4.69, 9.17) is 0 Å². The predicted molar refractivity (Wildman–Crippen MR) is 97.9 cm³/mol. The van der Waals surface area contributed by atoms with Gasteiger partial charge in [-0.15, -0.1) is 11.3 Å². The Morgan fingerprint density at radius 2 is 1.85 bits per heavy atom. The van der Waals surface area contributed by atoms with Gasteiger partial charge in [0.15, 0.2) is 0 Å². The van der Waals surface area contributed by atoms with Crippen LogP contribution in [0.3, 0.4) is 0 Å². The van der Waals surface area contributed by atoms with Gasteiger partial charge >= 0.3 is 0 Å². The smallest absolute Gasteiger partial charge is 0.269 e. The van der Waals surface area contributed by atoms with Gasteiger partial charge in [0, 0.05) is 18.7 Å². The summed E-state index contributed by atoms with van der Waals surface area (Å²) in [5, 5.41) is 1.71. The number of benzene rings is 1. The minimum absolute atomic E-state index is 0.104. The van der Waals surface area contributed by atoms with E-state index < -0.39 is 21.8 Å². The summed E-state index contributed by atoms with van der Waals surface area (Å²) >= 11 is 1.16. The van der Waals surface area contributed by atoms with Crippen molar-refractivity contribution in [3.05, 3.63) is 53.4 Å². The highest BCUT2D eigenvalue weighted by molar-refractivity contribution is 7.91. The van der Waals surface area contributed by atoms with Crippen LogP contribution in [-0.4, -0.2) is 37.6 Å². The zero-order valence-corrected chi connectivity index (χ0v) is 15.6. The van der Waals surface area contributed by atoms with E-state index in [-0.39, 0.29) is 16.7 Å². The normalized spacial score (nSPS) is 18.2. The molecule has 9 heteroatoms. The second kappa shape index (κ2) is 7.98. The molecule has 26 heavy (non-hydrogen) atoms. The summed E-state index contributed by atoms with van der Waals surface area (Å²) in [5.74, 6) is -1.31. The first-order valence-electron chi connectivity index (χ1n) is 8.17. The molecule has 0 saturated carbocycles. The van der Waals surface area contributed by atoms with E-state index >= 15 is 0 Å². The van der Waals surface area contributed by atoms with E-state index in [2.05, 4.69) is 10.9 Å². The summed E-state index contributed by atoms with van der Waals surface area (Å²) in [7, 11) is -3.57. The number of hydrazine groups is 1. The van der Waals surface area contributed by atoms with Gasteiger partial charge in [-0.25, -0.2) is 8.42 Å². The highest BCUT2D eigenvalue weighted by atomic mass is 32.2. The topological polar surface area (TPSA) is 95.6 Å². The average molecular weight is 393 g/mol. The number of hydrogen-bond acceptors (Lipinski definition) is 5. The predicted octanol–water partition coefficient (Wildman–Crippen LogP) is 1.61. The lowest BCUT2D eigenvalue weighted by atomic mass is 9.99. The largest absolute Gasteiger partial charge is 0.273 e. The van der Waals surface area contributed by atoms with Crippen molar-refractivity contribution in [2.45, 2.75) is 17.1 Å². The molecule has 138 valence electrons. The Balaban J connectivity index is 1.59. The molecule has 2 amide bonds. The standard InChI is InChI=1S/C17H19N3O4S2/c21-16(13-6-2-1-3-7-13)18-19-17(22)14-8-4-10-20(12-14)26(23,24)15-9-5-11-25-15/h1-3,5-7,9,11,14H,4,8,10,12H2,(H,18,21)(H,19,22)/t14-/m0/s1. The van der Waals surface area contributed by atoms with Gasteiger partial charge in [-0.1, -0.05) is 24.3 Å². The van der Waals surface area contributed by atoms with Gasteiger partial charge in [-0.05, 0) is 36.4 Å². The van der Waals surface area contributed by atoms with Crippen molar-refractivity contribution >= 4 is 33.2 Å². The molecule has 1 atom stereocenters. The second-order valence-corrected chi connectivity index (χ2v) is 9.06. The molecule has 7 nitrogen and oxygen atoms in total. The van der Waals surface area contributed by atoms with Crippen molar-refractivity contribution in [3.8, 4) is 0 Å². The Kier molecular flexibility index (Phi) is 5.70. The molecule has 1 saturated heterocycles. The second-order valence-electron chi connectivity index (χ2n) is 5.94. The van der Waals surface area contributed by atoms with Gasteiger partial charge in [-0.2, -0.15) is 4.31 Å². The molecule has 2 aromatic rings. The zero-order chi connectivity index (χ0) is 18.6. The molecule has 0 bridgehead atoms. The monoisotopic (exact) mass is 393 g/mol. The molecule has 0 radical (unpaired) electrons. The summed E-state index contributed by atoms with van der Waals surface area (Å²) in [5.41, 5.74) is 5.20. The lowest BCUT2D eigenvalue weighted by molar-refractivity contribution is -0.126. The molecule has 2 N–H and O–H groups in total. The van der Waals surface area contributed by atoms with Gasteiger partial charge in [0.2, 0.25) is 5.91 Å². The molecule has 0 spiro atoms. The van der Waals surface area contributed by atoms with Gasteiger partial charge in [0.25, 0.3) is 15.9 Å². The molecule has 0 unspecified atom stereocenters. The molecule has 0 aliphatic carbocycles. The van der Waals surface area contributed by atoms with Crippen LogP contribution in [0.15, 0.2) is 52.1 Å². The van der Waals surface area contributed by atoms with E-state index in [1.165, 1.54) is 4.31 Å². The number of carbonyl (C=O) groups is 2. The molecule has 1 aromatic carbocycles. The molecule has 3 rings (SSSR count). The van der Waals surface area contributed by atoms with Crippen LogP contribution >= 0.6 is 11.3 Å². The van der Waals surface area contributed by atoms with Crippen molar-refractivity contribution < 1.29 is 18.0 Å². The number of amides is 2. The minimum Gasteiger partial charge on any atom is -0.273 e. The highest BCUT2D eigenvalue weighted by Gasteiger charge is 2.33. The maximum Gasteiger partial charge on any atom is 0.269 e. The van der Waals surface area contributed by atoms with E-state index in [1.54, 1.807) is 47.8 Å². The third-order valence-corrected chi connectivity index (χ3v) is 7.42. The maximum absolute atomic E-state index is 12.6. The Morgan fingerprint density at radius 1 is 1.08 bits per heavy atom. The van der Waals surface area contributed by atoms with Crippen molar-refractivity contribution in [1.29, 1.82) is 0 Å². The van der Waals surface area contributed by atoms with Crippen LogP contribution < -0.4 is 10.9 Å². The average Bonchev–Trinajstić information content (AvgIpc) is 3.22. The Morgan fingerprint density at radius 3 is 2.54 bits per heavy atom. The van der Waals surface area contributed by atoms with Crippen molar-refractivity contribution in [2.75, 3.05) is 13.1 Å². The van der Waals surface area contributed by atoms with Crippen LogP contribution in [0.25, 0.3) is 0 Å². The third kappa shape index (κ3) is 4.12. The highest BCUT2D eigenvalue weighted by Crippen LogP contribution is 2.26. The van der Waals surface area contributed by atoms with Crippen molar-refractivity contribution in [1.82, 2.24) is 15.2 Å². The first kappa shape index (κ1) is 18.6. The fourth-order valence-corrected chi connectivity index (χ4v) is 5.46. The lowest BCUT2D eigenvalue weighted by Gasteiger charge is -2.30. The first-order chi connectivity index (χ1) is 12.5. The minimum atomic E-state index is -3.57. The number of sulfonamides is 1. The lowest BCUT2D eigenvalue weighted by Crippen LogP contribution is -2.49. The van der Waals surface area contributed by atoms with Crippen LogP contribution in [-0.2, 0) is 14.8 Å². The first-order valence-corrected chi connectivity index (χ1v) is 10.5. The van der Waals surface area contributed by atoms with Crippen molar-refractivity contribution in [3.63, 3.8) is 0 Å². The molecule has 1 aromatic heterocycles. The maximum atomic E-state index is 12.6. The van der Waals surface area contributed by atoms with Gasteiger partial charge < -0.3 is 0 Å². The van der Waals surface area contributed by atoms with E-state index in [0.717, 1.165) is 11.3 Å². The number of rotatable bonds is 4. The number of nitrogens with zero attached hydrogens (tertiary/aromatic N) is 1. The third-order valence-electron chi connectivity index (χ3n) is 4.18. The number of carbonyl (C=O) groups excluding carboxylic acids is 2. The molecule has 1 aliphatic heterocycles. The number of nitrogens with one attached hydrogen (secondary N) is 2. The molecule has 1 aliphatic rings. The number of hydrogen-bond donors (Lipinski definition) is 2. The van der Waals surface area contributed by atoms with Crippen LogP contribution in [0, 0.1) is 5.92 Å². The number of piperidine rings is 1. The molecular formula is C17H19N3O4S2. The summed E-state index contributed by atoms with van der Waals surface area (Å²) in [4.78, 5) is 24.3. The number of thiophene rings is 1. The molecule has 2 heterocycles.